The van der Waals surface area contributed by atoms with Crippen molar-refractivity contribution in [1.82, 2.24) is 29.7 Å². The van der Waals surface area contributed by atoms with E-state index in [1.54, 1.807) is 4.40 Å². The highest BCUT2D eigenvalue weighted by atomic mass is 16.5. The Hall–Kier alpha value is -3.23. The highest BCUT2D eigenvalue weighted by molar-refractivity contribution is 5.94. The molecule has 0 saturated carbocycles. The summed E-state index contributed by atoms with van der Waals surface area (Å²) in [6.07, 6.45) is 5.28. The van der Waals surface area contributed by atoms with Crippen LogP contribution in [0.15, 0.2) is 24.4 Å². The molecule has 0 spiro atoms. The fraction of sp³-hybridized carbons (Fsp3) is 0.421. The first kappa shape index (κ1) is 18.1. The quantitative estimate of drug-likeness (QED) is 0.719. The number of aromatic nitrogens is 5. The Labute approximate surface area is 162 Å². The predicted octanol–water partition coefficient (Wildman–Crippen LogP) is 1.76. The average Bonchev–Trinajstić information content (AvgIpc) is 3.08. The van der Waals surface area contributed by atoms with Crippen LogP contribution in [0.3, 0.4) is 0 Å². The Morgan fingerprint density at radius 3 is 2.75 bits per heavy atom. The van der Waals surface area contributed by atoms with Crippen LogP contribution in [-0.2, 0) is 6.54 Å². The normalized spacial score (nSPS) is 14.3. The number of carbonyl (C=O) groups excluding carboxylic acids is 1. The van der Waals surface area contributed by atoms with Gasteiger partial charge in [-0.3, -0.25) is 9.20 Å². The largest absolute Gasteiger partial charge is 0.467 e. The number of hydrogen-bond acceptors (Lipinski definition) is 7. The molecule has 3 aromatic heterocycles. The summed E-state index contributed by atoms with van der Waals surface area (Å²) in [6.45, 7) is 3.83. The molecule has 9 heteroatoms. The van der Waals surface area contributed by atoms with Gasteiger partial charge in [-0.1, -0.05) is 6.07 Å². The highest BCUT2D eigenvalue weighted by Gasteiger charge is 2.19. The van der Waals surface area contributed by atoms with Gasteiger partial charge in [-0.15, -0.1) is 0 Å². The van der Waals surface area contributed by atoms with Crippen molar-refractivity contribution in [3.05, 3.63) is 41.6 Å². The van der Waals surface area contributed by atoms with Crippen LogP contribution in [0, 0.1) is 6.92 Å². The molecule has 0 radical (unpaired) electrons. The number of nitrogens with zero attached hydrogens (tertiary/aromatic N) is 6. The molecule has 1 aliphatic heterocycles. The van der Waals surface area contributed by atoms with E-state index in [0.29, 0.717) is 23.2 Å². The maximum atomic E-state index is 12.8. The zero-order chi connectivity index (χ0) is 19.5. The van der Waals surface area contributed by atoms with Crippen LogP contribution in [-0.4, -0.2) is 50.4 Å². The van der Waals surface area contributed by atoms with E-state index in [4.69, 9.17) is 4.74 Å². The fourth-order valence-electron chi connectivity index (χ4n) is 3.42. The second-order valence-electron chi connectivity index (χ2n) is 6.74. The van der Waals surface area contributed by atoms with E-state index >= 15 is 0 Å². The number of amides is 1. The lowest BCUT2D eigenvalue weighted by Gasteiger charge is -2.26. The number of methoxy groups -OCH3 is 1. The van der Waals surface area contributed by atoms with Crippen LogP contribution >= 0.6 is 0 Å². The molecule has 3 aromatic rings. The molecule has 1 fully saturated rings. The minimum Gasteiger partial charge on any atom is -0.467 e. The number of pyridine rings is 1. The number of carbonyl (C=O) groups is 1. The average molecular weight is 381 g/mol. The maximum absolute atomic E-state index is 12.8. The van der Waals surface area contributed by atoms with Crippen LogP contribution in [0.2, 0.25) is 0 Å². The third kappa shape index (κ3) is 3.60. The van der Waals surface area contributed by atoms with E-state index < -0.39 is 0 Å². The van der Waals surface area contributed by atoms with E-state index in [1.165, 1.54) is 13.5 Å². The molecule has 28 heavy (non-hydrogen) atoms. The van der Waals surface area contributed by atoms with Crippen molar-refractivity contribution in [3.63, 3.8) is 0 Å². The van der Waals surface area contributed by atoms with Gasteiger partial charge in [0.25, 0.3) is 5.91 Å². The Balaban J connectivity index is 1.53. The molecular weight excluding hydrogens is 358 g/mol. The van der Waals surface area contributed by atoms with Gasteiger partial charge in [0.2, 0.25) is 5.95 Å². The van der Waals surface area contributed by atoms with Gasteiger partial charge in [0.1, 0.15) is 11.3 Å². The Kier molecular flexibility index (Phi) is 5.05. The van der Waals surface area contributed by atoms with Crippen molar-refractivity contribution in [3.8, 4) is 6.01 Å². The number of rotatable bonds is 5. The summed E-state index contributed by atoms with van der Waals surface area (Å²) in [5.41, 5.74) is 1.91. The molecule has 4 heterocycles. The molecule has 1 N–H and O–H groups in total. The van der Waals surface area contributed by atoms with Gasteiger partial charge in [-0.25, -0.2) is 4.98 Å². The lowest BCUT2D eigenvalue weighted by atomic mass is 10.1. The number of hydrogen-bond donors (Lipinski definition) is 1. The van der Waals surface area contributed by atoms with Gasteiger partial charge in [0.05, 0.1) is 19.3 Å². The van der Waals surface area contributed by atoms with Gasteiger partial charge in [0.15, 0.2) is 5.82 Å². The number of fused-ring (bicyclic) bond motifs is 1. The van der Waals surface area contributed by atoms with Crippen molar-refractivity contribution >= 4 is 17.5 Å². The topological polar surface area (TPSA) is 97.5 Å². The number of ether oxygens (including phenoxy) is 1. The summed E-state index contributed by atoms with van der Waals surface area (Å²) in [6, 6.07) is 5.88. The third-order valence-electron chi connectivity index (χ3n) is 4.80. The minimum absolute atomic E-state index is 0.179. The first-order valence-corrected chi connectivity index (χ1v) is 9.41. The molecule has 146 valence electrons. The molecule has 9 nitrogen and oxygen atoms in total. The highest BCUT2D eigenvalue weighted by Crippen LogP contribution is 2.18. The number of anilines is 1. The molecular formula is C19H23N7O2. The van der Waals surface area contributed by atoms with Crippen LogP contribution in [0.4, 0.5) is 5.95 Å². The van der Waals surface area contributed by atoms with Crippen molar-refractivity contribution < 1.29 is 9.53 Å². The molecule has 0 aliphatic carbocycles. The van der Waals surface area contributed by atoms with E-state index in [9.17, 15) is 4.79 Å². The van der Waals surface area contributed by atoms with Gasteiger partial charge >= 0.3 is 6.01 Å². The summed E-state index contributed by atoms with van der Waals surface area (Å²) < 4.78 is 7.00. The molecule has 0 atom stereocenters. The van der Waals surface area contributed by atoms with Crippen LogP contribution in [0.1, 0.15) is 41.3 Å². The van der Waals surface area contributed by atoms with Gasteiger partial charge in [0, 0.05) is 19.3 Å². The van der Waals surface area contributed by atoms with Gasteiger partial charge in [-0.2, -0.15) is 15.0 Å². The summed E-state index contributed by atoms with van der Waals surface area (Å²) in [5.74, 6) is 0.837. The van der Waals surface area contributed by atoms with E-state index in [2.05, 4.69) is 30.2 Å². The maximum Gasteiger partial charge on any atom is 0.321 e. The smallest absolute Gasteiger partial charge is 0.321 e. The van der Waals surface area contributed by atoms with Crippen molar-refractivity contribution in [1.29, 1.82) is 0 Å². The summed E-state index contributed by atoms with van der Waals surface area (Å²) >= 11 is 0. The standard InChI is InChI=1S/C19H23N7O2/c1-13-16(26-11-7-4-8-15(26)21-13)17(27)20-12-14-22-18(24-19(23-14)28-2)25-9-5-3-6-10-25/h4,7-8,11H,3,5-6,9-10,12H2,1-2H3,(H,20,27). The van der Waals surface area contributed by atoms with Crippen molar-refractivity contribution in [2.24, 2.45) is 0 Å². The monoisotopic (exact) mass is 381 g/mol. The molecule has 0 aromatic carbocycles. The zero-order valence-electron chi connectivity index (χ0n) is 16.1. The second kappa shape index (κ2) is 7.79. The first-order valence-electron chi connectivity index (χ1n) is 9.41. The third-order valence-corrected chi connectivity index (χ3v) is 4.80. The van der Waals surface area contributed by atoms with Gasteiger partial charge in [-0.05, 0) is 38.3 Å². The molecule has 1 amide bonds. The first-order chi connectivity index (χ1) is 13.7. The van der Waals surface area contributed by atoms with Crippen molar-refractivity contribution in [2.75, 3.05) is 25.1 Å². The second-order valence-corrected chi connectivity index (χ2v) is 6.74. The van der Waals surface area contributed by atoms with Crippen LogP contribution in [0.25, 0.3) is 5.65 Å². The van der Waals surface area contributed by atoms with E-state index in [1.807, 2.05) is 31.3 Å². The summed E-state index contributed by atoms with van der Waals surface area (Å²) in [4.78, 5) is 32.5. The summed E-state index contributed by atoms with van der Waals surface area (Å²) in [5, 5.41) is 2.89. The Morgan fingerprint density at radius 1 is 1.14 bits per heavy atom. The zero-order valence-corrected chi connectivity index (χ0v) is 16.1. The summed E-state index contributed by atoms with van der Waals surface area (Å²) in [7, 11) is 1.53. The number of aryl methyl sites for hydroxylation is 1. The van der Waals surface area contributed by atoms with E-state index in [0.717, 1.165) is 31.6 Å². The lowest BCUT2D eigenvalue weighted by molar-refractivity contribution is 0.0943. The Morgan fingerprint density at radius 2 is 1.96 bits per heavy atom. The van der Waals surface area contributed by atoms with Crippen molar-refractivity contribution in [2.45, 2.75) is 32.7 Å². The molecule has 1 aliphatic rings. The number of nitrogens with one attached hydrogen (secondary N) is 1. The Bertz CT molecular complexity index is 995. The molecule has 4 rings (SSSR count). The molecule has 0 unspecified atom stereocenters. The molecule has 1 saturated heterocycles. The number of imidazole rings is 1. The predicted molar refractivity (Wildman–Crippen MR) is 104 cm³/mol. The minimum atomic E-state index is -0.227. The number of piperidine rings is 1. The lowest BCUT2D eigenvalue weighted by Crippen LogP contribution is -2.32. The van der Waals surface area contributed by atoms with Gasteiger partial charge < -0.3 is 15.0 Å². The van der Waals surface area contributed by atoms with Crippen LogP contribution < -0.4 is 15.0 Å². The SMILES string of the molecule is COc1nc(CNC(=O)c2c(C)nc3ccccn23)nc(N2CCCCC2)n1. The molecule has 0 bridgehead atoms. The fourth-order valence-corrected chi connectivity index (χ4v) is 3.42. The van der Waals surface area contributed by atoms with Crippen LogP contribution in [0.5, 0.6) is 6.01 Å². The van der Waals surface area contributed by atoms with E-state index in [-0.39, 0.29) is 18.5 Å².